The molecule has 2 heterocycles. The molecule has 0 saturated heterocycles. The van der Waals surface area contributed by atoms with Crippen molar-refractivity contribution in [2.24, 2.45) is 17.6 Å². The number of furan rings is 1. The van der Waals surface area contributed by atoms with Gasteiger partial charge in [0.2, 0.25) is 11.6 Å². The van der Waals surface area contributed by atoms with Crippen LogP contribution in [0.5, 0.6) is 0 Å². The van der Waals surface area contributed by atoms with Gasteiger partial charge in [-0.3, -0.25) is 14.4 Å². The Bertz CT molecular complexity index is 1520. The number of methoxy groups -OCH3 is 2. The second-order valence-electron chi connectivity index (χ2n) is 12.8. The lowest BCUT2D eigenvalue weighted by molar-refractivity contribution is -0.120. The number of rotatable bonds is 8. The maximum absolute atomic E-state index is 14.4. The van der Waals surface area contributed by atoms with Crippen LogP contribution in [0, 0.1) is 11.8 Å². The number of amides is 2. The smallest absolute Gasteiger partial charge is 0.405 e. The van der Waals surface area contributed by atoms with Crippen molar-refractivity contribution in [3.63, 3.8) is 0 Å². The van der Waals surface area contributed by atoms with Gasteiger partial charge in [0, 0.05) is 44.4 Å². The number of hydrogen-bond donors (Lipinski definition) is 4. The van der Waals surface area contributed by atoms with Crippen LogP contribution in [0.3, 0.4) is 0 Å². The third-order valence-electron chi connectivity index (χ3n) is 8.58. The second-order valence-corrected chi connectivity index (χ2v) is 12.8. The lowest BCUT2D eigenvalue weighted by Gasteiger charge is -2.30. The number of hydrogen-bond acceptors (Lipinski definition) is 11. The highest BCUT2D eigenvalue weighted by Gasteiger charge is 2.39. The van der Waals surface area contributed by atoms with E-state index >= 15 is 0 Å². The molecule has 3 rings (SSSR count). The van der Waals surface area contributed by atoms with E-state index in [1.165, 1.54) is 26.6 Å². The van der Waals surface area contributed by atoms with Crippen molar-refractivity contribution < 1.29 is 42.9 Å². The fourth-order valence-electron chi connectivity index (χ4n) is 5.91. The SMILES string of the molecule is COC1C=CC=C(C)C(=O)NC2=C(c3ccco3)C(=O)C(NCCN(C)C)=C(CC(C)CC(OC)C(O)C(C)C=C(C)C1OC(N)=O)C2=O. The van der Waals surface area contributed by atoms with Crippen LogP contribution < -0.4 is 16.4 Å². The van der Waals surface area contributed by atoms with Crippen LogP contribution in [0.4, 0.5) is 4.79 Å². The van der Waals surface area contributed by atoms with Crippen molar-refractivity contribution in [1.82, 2.24) is 15.5 Å². The number of carbonyl (C=O) groups is 4. The third kappa shape index (κ3) is 10.1. The molecule has 5 N–H and O–H groups in total. The van der Waals surface area contributed by atoms with Crippen LogP contribution in [0.25, 0.3) is 5.57 Å². The standard InChI is InChI=1S/C36H50N4O9/c1-20-17-24-29(38-14-15-40(5)6)33(43)28(25-13-10-16-48-25)30(32(24)42)39-35(44)21(2)11-9-12-26(46-7)34(49-36(37)45)23(4)19-22(3)31(41)27(18-20)47-8/h9-13,16,19-20,22,26-27,31,34,38,41H,14-15,17-18H2,1-8H3,(H2,37,45)(H,39,44). The number of primary amides is 1. The van der Waals surface area contributed by atoms with E-state index in [1.807, 2.05) is 32.8 Å². The molecular formula is C36H50N4O9. The summed E-state index contributed by atoms with van der Waals surface area (Å²) in [7, 11) is 6.72. The fourth-order valence-corrected chi connectivity index (χ4v) is 5.91. The van der Waals surface area contributed by atoms with E-state index < -0.39 is 53.9 Å². The Hall–Kier alpha value is -4.30. The molecule has 1 aromatic rings. The van der Waals surface area contributed by atoms with E-state index in [-0.39, 0.29) is 46.2 Å². The second kappa shape index (κ2) is 17.9. The molecule has 2 amide bonds. The lowest BCUT2D eigenvalue weighted by atomic mass is 9.82. The molecule has 6 unspecified atom stereocenters. The minimum absolute atomic E-state index is 0.0622. The highest BCUT2D eigenvalue weighted by molar-refractivity contribution is 6.39. The summed E-state index contributed by atoms with van der Waals surface area (Å²) >= 11 is 0. The molecular weight excluding hydrogens is 632 g/mol. The molecule has 1 aliphatic heterocycles. The van der Waals surface area contributed by atoms with Crippen molar-refractivity contribution in [1.29, 1.82) is 0 Å². The first-order valence-corrected chi connectivity index (χ1v) is 16.2. The molecule has 49 heavy (non-hydrogen) atoms. The van der Waals surface area contributed by atoms with Crippen LogP contribution in [0.15, 0.2) is 75.2 Å². The van der Waals surface area contributed by atoms with Crippen molar-refractivity contribution in [2.75, 3.05) is 41.4 Å². The topological polar surface area (TPSA) is 183 Å². The summed E-state index contributed by atoms with van der Waals surface area (Å²) in [4.78, 5) is 55.9. The number of ether oxygens (including phenoxy) is 3. The van der Waals surface area contributed by atoms with Crippen molar-refractivity contribution in [3.05, 3.63) is 76.6 Å². The molecule has 13 heteroatoms. The summed E-state index contributed by atoms with van der Waals surface area (Å²) in [6.45, 7) is 7.97. The van der Waals surface area contributed by atoms with Gasteiger partial charge in [0.05, 0.1) is 29.7 Å². The Kier molecular flexibility index (Phi) is 14.3. The summed E-state index contributed by atoms with van der Waals surface area (Å²) in [5.41, 5.74) is 6.28. The van der Waals surface area contributed by atoms with Gasteiger partial charge < -0.3 is 45.0 Å². The molecule has 2 aliphatic rings. The molecule has 6 atom stereocenters. The molecule has 0 aromatic carbocycles. The van der Waals surface area contributed by atoms with Gasteiger partial charge in [-0.25, -0.2) is 4.79 Å². The zero-order valence-electron chi connectivity index (χ0n) is 29.6. The van der Waals surface area contributed by atoms with Crippen LogP contribution in [0.2, 0.25) is 0 Å². The number of carbonyl (C=O) groups excluding carboxylic acids is 4. The van der Waals surface area contributed by atoms with Gasteiger partial charge in [0.15, 0.2) is 6.10 Å². The van der Waals surface area contributed by atoms with E-state index in [4.69, 9.17) is 24.4 Å². The first-order valence-electron chi connectivity index (χ1n) is 16.2. The largest absolute Gasteiger partial charge is 0.464 e. The summed E-state index contributed by atoms with van der Waals surface area (Å²) in [6.07, 6.45) is 3.87. The molecule has 268 valence electrons. The Labute approximate surface area is 287 Å². The van der Waals surface area contributed by atoms with E-state index in [1.54, 1.807) is 44.2 Å². The number of fused-ring (bicyclic) bond motifs is 2. The molecule has 2 bridgehead atoms. The minimum Gasteiger partial charge on any atom is -0.464 e. The van der Waals surface area contributed by atoms with Gasteiger partial charge in [-0.05, 0) is 64.4 Å². The molecule has 0 radical (unpaired) electrons. The van der Waals surface area contributed by atoms with E-state index in [0.29, 0.717) is 25.1 Å². The predicted octanol–water partition coefficient (Wildman–Crippen LogP) is 3.03. The summed E-state index contributed by atoms with van der Waals surface area (Å²) in [5.74, 6) is -2.21. The monoisotopic (exact) mass is 682 g/mol. The van der Waals surface area contributed by atoms with Crippen LogP contribution in [0.1, 0.15) is 46.3 Å². The Balaban J connectivity index is 2.20. The lowest BCUT2D eigenvalue weighted by Crippen LogP contribution is -2.40. The maximum atomic E-state index is 14.4. The van der Waals surface area contributed by atoms with Crippen LogP contribution in [-0.4, -0.2) is 99.4 Å². The molecule has 1 aromatic heterocycles. The Morgan fingerprint density at radius 1 is 1.14 bits per heavy atom. The molecule has 1 aliphatic carbocycles. The Morgan fingerprint density at radius 3 is 2.45 bits per heavy atom. The zero-order valence-corrected chi connectivity index (χ0v) is 29.6. The number of aliphatic hydroxyl groups is 1. The molecule has 0 saturated carbocycles. The number of nitrogens with two attached hydrogens (primary N) is 1. The molecule has 0 spiro atoms. The van der Waals surface area contributed by atoms with Gasteiger partial charge >= 0.3 is 6.09 Å². The fraction of sp³-hybridized carbons (Fsp3) is 0.500. The first kappa shape index (κ1) is 39.1. The Morgan fingerprint density at radius 2 is 1.86 bits per heavy atom. The first-order chi connectivity index (χ1) is 23.2. The minimum atomic E-state index is -1.01. The average Bonchev–Trinajstić information content (AvgIpc) is 3.58. The van der Waals surface area contributed by atoms with Crippen molar-refractivity contribution in [3.8, 4) is 0 Å². The maximum Gasteiger partial charge on any atom is 0.405 e. The number of likely N-dealkylation sites (N-methyl/N-ethyl adjacent to an activating group) is 1. The van der Waals surface area contributed by atoms with Gasteiger partial charge in [-0.15, -0.1) is 0 Å². The van der Waals surface area contributed by atoms with Gasteiger partial charge in [0.25, 0.3) is 5.91 Å². The normalized spacial score (nSPS) is 26.4. The summed E-state index contributed by atoms with van der Waals surface area (Å²) in [6, 6.07) is 3.15. The van der Waals surface area contributed by atoms with Gasteiger partial charge in [0.1, 0.15) is 17.6 Å². The summed E-state index contributed by atoms with van der Waals surface area (Å²) < 4.78 is 22.3. The van der Waals surface area contributed by atoms with Gasteiger partial charge in [-0.2, -0.15) is 0 Å². The number of nitrogens with one attached hydrogen (secondary N) is 2. The quantitative estimate of drug-likeness (QED) is 0.234. The van der Waals surface area contributed by atoms with Crippen molar-refractivity contribution in [2.45, 2.75) is 65.0 Å². The van der Waals surface area contributed by atoms with E-state index in [2.05, 4.69) is 10.6 Å². The highest BCUT2D eigenvalue weighted by atomic mass is 16.6. The number of ketones is 2. The van der Waals surface area contributed by atoms with Crippen LogP contribution >= 0.6 is 0 Å². The van der Waals surface area contributed by atoms with Gasteiger partial charge in [-0.1, -0.05) is 38.2 Å². The third-order valence-corrected chi connectivity index (χ3v) is 8.58. The highest BCUT2D eigenvalue weighted by Crippen LogP contribution is 2.34. The van der Waals surface area contributed by atoms with Crippen LogP contribution in [-0.2, 0) is 28.6 Å². The number of Topliss-reactive ketones (excluding diaryl/α,β-unsaturated/α-hetero) is 2. The van der Waals surface area contributed by atoms with E-state index in [0.717, 1.165) is 0 Å². The number of allylic oxidation sites excluding steroid dienone is 4. The molecule has 0 fully saturated rings. The van der Waals surface area contributed by atoms with Crippen molar-refractivity contribution >= 4 is 29.1 Å². The van der Waals surface area contributed by atoms with E-state index in [9.17, 15) is 24.3 Å². The molecule has 13 nitrogen and oxygen atoms in total. The average molecular weight is 683 g/mol. The predicted molar refractivity (Wildman–Crippen MR) is 184 cm³/mol. The number of aliphatic hydroxyl groups excluding tert-OH is 1. The zero-order chi connectivity index (χ0) is 36.4. The summed E-state index contributed by atoms with van der Waals surface area (Å²) in [5, 5.41) is 17.3. The number of nitrogens with zero attached hydrogens (tertiary/aromatic N) is 1.